The van der Waals surface area contributed by atoms with E-state index in [2.05, 4.69) is 50.2 Å². The van der Waals surface area contributed by atoms with Crippen molar-refractivity contribution in [1.82, 2.24) is 10.3 Å². The number of aromatic nitrogens is 1. The number of benzene rings is 1. The fourth-order valence-corrected chi connectivity index (χ4v) is 3.98. The Labute approximate surface area is 158 Å². The highest BCUT2D eigenvalue weighted by Gasteiger charge is 2.25. The molecule has 0 atom stereocenters. The maximum absolute atomic E-state index is 12.3. The number of anilines is 1. The van der Waals surface area contributed by atoms with E-state index >= 15 is 0 Å². The molecule has 2 aromatic rings. The predicted octanol–water partition coefficient (Wildman–Crippen LogP) is 4.52. The van der Waals surface area contributed by atoms with E-state index in [1.165, 1.54) is 23.9 Å². The highest BCUT2D eigenvalue weighted by molar-refractivity contribution is 9.10. The van der Waals surface area contributed by atoms with E-state index in [1.54, 1.807) is 0 Å². The van der Waals surface area contributed by atoms with Crippen LogP contribution >= 0.6 is 15.9 Å². The Hall–Kier alpha value is -1.62. The minimum Gasteiger partial charge on any atom is -0.371 e. The molecule has 1 saturated heterocycles. The molecule has 1 aliphatic heterocycles. The SMILES string of the molecule is CCCCCNC(=O)C1CCN(c2ccnc3c(Br)cccc23)CC1. The number of nitrogens with zero attached hydrogens (tertiary/aromatic N) is 2. The first-order valence-corrected chi connectivity index (χ1v) is 10.1. The van der Waals surface area contributed by atoms with Crippen molar-refractivity contribution in [3.05, 3.63) is 34.9 Å². The fraction of sp³-hybridized carbons (Fsp3) is 0.500. The number of unbranched alkanes of at least 4 members (excludes halogenated alkanes) is 2. The predicted molar refractivity (Wildman–Crippen MR) is 107 cm³/mol. The molecule has 0 unspecified atom stereocenters. The average Bonchev–Trinajstić information content (AvgIpc) is 2.65. The Morgan fingerprint density at radius 1 is 1.28 bits per heavy atom. The zero-order valence-electron chi connectivity index (χ0n) is 14.8. The number of nitrogens with one attached hydrogen (secondary N) is 1. The van der Waals surface area contributed by atoms with Crippen LogP contribution in [0.15, 0.2) is 34.9 Å². The molecule has 1 aromatic heterocycles. The van der Waals surface area contributed by atoms with Crippen molar-refractivity contribution in [2.75, 3.05) is 24.5 Å². The number of pyridine rings is 1. The Bertz CT molecular complexity index is 726. The van der Waals surface area contributed by atoms with Crippen LogP contribution in [0.2, 0.25) is 0 Å². The Morgan fingerprint density at radius 2 is 2.08 bits per heavy atom. The standard InChI is InChI=1S/C20H26BrN3O/c1-2-3-4-11-23-20(25)15-9-13-24(14-10-15)18-8-12-22-19-16(18)6-5-7-17(19)21/h5-8,12,15H,2-4,9-11,13-14H2,1H3,(H,23,25). The van der Waals surface area contributed by atoms with Gasteiger partial charge in [0.2, 0.25) is 5.91 Å². The van der Waals surface area contributed by atoms with Gasteiger partial charge in [-0.3, -0.25) is 9.78 Å². The van der Waals surface area contributed by atoms with E-state index in [0.717, 1.165) is 48.9 Å². The second-order valence-electron chi connectivity index (χ2n) is 6.73. The number of hydrogen-bond acceptors (Lipinski definition) is 3. The van der Waals surface area contributed by atoms with E-state index in [9.17, 15) is 4.79 Å². The molecule has 2 heterocycles. The molecule has 0 radical (unpaired) electrons. The van der Waals surface area contributed by atoms with E-state index in [4.69, 9.17) is 0 Å². The van der Waals surface area contributed by atoms with E-state index in [1.807, 2.05) is 18.3 Å². The summed E-state index contributed by atoms with van der Waals surface area (Å²) in [5.41, 5.74) is 2.21. The molecule has 0 bridgehead atoms. The van der Waals surface area contributed by atoms with Crippen LogP contribution in [0.1, 0.15) is 39.0 Å². The van der Waals surface area contributed by atoms with E-state index < -0.39 is 0 Å². The molecule has 0 aliphatic carbocycles. The molecule has 25 heavy (non-hydrogen) atoms. The molecular formula is C20H26BrN3O. The molecule has 134 valence electrons. The fourth-order valence-electron chi connectivity index (χ4n) is 3.51. The topological polar surface area (TPSA) is 45.2 Å². The van der Waals surface area contributed by atoms with Crippen LogP contribution in [-0.2, 0) is 4.79 Å². The number of carbonyl (C=O) groups is 1. The summed E-state index contributed by atoms with van der Waals surface area (Å²) in [6.45, 7) is 4.83. The number of halogens is 1. The first-order valence-electron chi connectivity index (χ1n) is 9.26. The van der Waals surface area contributed by atoms with Gasteiger partial charge < -0.3 is 10.2 Å². The molecule has 1 aromatic carbocycles. The second-order valence-corrected chi connectivity index (χ2v) is 7.58. The molecule has 4 nitrogen and oxygen atoms in total. The maximum Gasteiger partial charge on any atom is 0.223 e. The van der Waals surface area contributed by atoms with Gasteiger partial charge in [0.15, 0.2) is 0 Å². The normalized spacial score (nSPS) is 15.5. The zero-order valence-corrected chi connectivity index (χ0v) is 16.4. The van der Waals surface area contributed by atoms with Crippen LogP contribution in [0.5, 0.6) is 0 Å². The largest absolute Gasteiger partial charge is 0.371 e. The Balaban J connectivity index is 1.61. The summed E-state index contributed by atoms with van der Waals surface area (Å²) in [5, 5.41) is 4.27. The average molecular weight is 404 g/mol. The van der Waals surface area contributed by atoms with Gasteiger partial charge in [-0.15, -0.1) is 0 Å². The van der Waals surface area contributed by atoms with Crippen LogP contribution < -0.4 is 10.2 Å². The summed E-state index contributed by atoms with van der Waals surface area (Å²) >= 11 is 3.58. The highest BCUT2D eigenvalue weighted by Crippen LogP contribution is 2.32. The lowest BCUT2D eigenvalue weighted by molar-refractivity contribution is -0.125. The monoisotopic (exact) mass is 403 g/mol. The third kappa shape index (κ3) is 4.32. The lowest BCUT2D eigenvalue weighted by Crippen LogP contribution is -2.40. The second kappa shape index (κ2) is 8.65. The lowest BCUT2D eigenvalue weighted by atomic mass is 9.95. The highest BCUT2D eigenvalue weighted by atomic mass is 79.9. The van der Waals surface area contributed by atoms with Crippen molar-refractivity contribution in [3.63, 3.8) is 0 Å². The molecule has 3 rings (SSSR count). The summed E-state index contributed by atoms with van der Waals surface area (Å²) < 4.78 is 1.02. The van der Waals surface area contributed by atoms with Crippen molar-refractivity contribution >= 4 is 38.4 Å². The number of para-hydroxylation sites is 1. The van der Waals surface area contributed by atoms with Crippen LogP contribution in [-0.4, -0.2) is 30.5 Å². The number of fused-ring (bicyclic) bond motifs is 1. The van der Waals surface area contributed by atoms with Crippen molar-refractivity contribution in [2.45, 2.75) is 39.0 Å². The summed E-state index contributed by atoms with van der Waals surface area (Å²) in [6.07, 6.45) is 7.15. The van der Waals surface area contributed by atoms with Gasteiger partial charge in [0, 0.05) is 47.3 Å². The third-order valence-electron chi connectivity index (χ3n) is 4.98. The quantitative estimate of drug-likeness (QED) is 0.720. The Kier molecular flexibility index (Phi) is 6.29. The third-order valence-corrected chi connectivity index (χ3v) is 5.62. The van der Waals surface area contributed by atoms with Crippen LogP contribution in [0.3, 0.4) is 0 Å². The minimum atomic E-state index is 0.151. The van der Waals surface area contributed by atoms with Gasteiger partial charge in [-0.2, -0.15) is 0 Å². The molecule has 1 amide bonds. The molecule has 1 aliphatic rings. The van der Waals surface area contributed by atoms with Crippen molar-refractivity contribution in [3.8, 4) is 0 Å². The number of rotatable bonds is 6. The van der Waals surface area contributed by atoms with Crippen LogP contribution in [0.25, 0.3) is 10.9 Å². The summed E-state index contributed by atoms with van der Waals surface area (Å²) in [6, 6.07) is 8.27. The first-order chi connectivity index (χ1) is 12.2. The minimum absolute atomic E-state index is 0.151. The zero-order chi connectivity index (χ0) is 17.6. The van der Waals surface area contributed by atoms with Gasteiger partial charge in [0.25, 0.3) is 0 Å². The number of amides is 1. The molecular weight excluding hydrogens is 378 g/mol. The summed E-state index contributed by atoms with van der Waals surface area (Å²) in [4.78, 5) is 19.2. The van der Waals surface area contributed by atoms with E-state index in [-0.39, 0.29) is 11.8 Å². The van der Waals surface area contributed by atoms with Crippen molar-refractivity contribution < 1.29 is 4.79 Å². The van der Waals surface area contributed by atoms with Gasteiger partial charge in [0.05, 0.1) is 5.52 Å². The lowest BCUT2D eigenvalue weighted by Gasteiger charge is -2.33. The van der Waals surface area contributed by atoms with Gasteiger partial charge in [-0.05, 0) is 47.3 Å². The smallest absolute Gasteiger partial charge is 0.223 e. The first kappa shape index (κ1) is 18.2. The summed E-state index contributed by atoms with van der Waals surface area (Å²) in [7, 11) is 0. The van der Waals surface area contributed by atoms with Crippen LogP contribution in [0, 0.1) is 5.92 Å². The molecule has 5 heteroatoms. The van der Waals surface area contributed by atoms with Gasteiger partial charge in [0.1, 0.15) is 0 Å². The maximum atomic E-state index is 12.3. The molecule has 0 spiro atoms. The Morgan fingerprint density at radius 3 is 2.84 bits per heavy atom. The van der Waals surface area contributed by atoms with Crippen LogP contribution in [0.4, 0.5) is 5.69 Å². The van der Waals surface area contributed by atoms with Gasteiger partial charge >= 0.3 is 0 Å². The van der Waals surface area contributed by atoms with Crippen molar-refractivity contribution in [1.29, 1.82) is 0 Å². The molecule has 1 fully saturated rings. The van der Waals surface area contributed by atoms with Crippen molar-refractivity contribution in [2.24, 2.45) is 5.92 Å². The number of piperidine rings is 1. The summed E-state index contributed by atoms with van der Waals surface area (Å²) in [5.74, 6) is 0.385. The number of hydrogen-bond donors (Lipinski definition) is 1. The molecule has 0 saturated carbocycles. The van der Waals surface area contributed by atoms with Gasteiger partial charge in [-0.25, -0.2) is 0 Å². The molecule has 1 N–H and O–H groups in total. The number of carbonyl (C=O) groups excluding carboxylic acids is 1. The van der Waals surface area contributed by atoms with E-state index in [0.29, 0.717) is 0 Å². The van der Waals surface area contributed by atoms with Gasteiger partial charge in [-0.1, -0.05) is 31.9 Å².